The average molecular weight is 272 g/mol. The number of carbonyl (C=O) groups is 1. The minimum absolute atomic E-state index is 0.0643. The Kier molecular flexibility index (Phi) is 2.71. The quantitative estimate of drug-likeness (QED) is 0.861. The van der Waals surface area contributed by atoms with E-state index in [0.717, 1.165) is 6.07 Å². The molecule has 0 atom stereocenters. The molecule has 7 heteroatoms. The van der Waals surface area contributed by atoms with E-state index >= 15 is 0 Å². The molecule has 1 aromatic rings. The number of benzene rings is 1. The second kappa shape index (κ2) is 3.76. The Morgan fingerprint density at radius 3 is 2.50 bits per heavy atom. The Bertz CT molecular complexity index is 625. The number of amides is 1. The minimum atomic E-state index is -3.72. The largest absolute Gasteiger partial charge is 0.326 e. The highest BCUT2D eigenvalue weighted by molar-refractivity contribution is 7.98. The van der Waals surface area contributed by atoms with E-state index < -0.39 is 26.5 Å². The van der Waals surface area contributed by atoms with Crippen molar-refractivity contribution in [2.75, 3.05) is 4.31 Å². The number of hydrogen-bond donors (Lipinski definition) is 1. The molecule has 0 bridgehead atoms. The number of anilines is 1. The van der Waals surface area contributed by atoms with Crippen LogP contribution in [0.2, 0.25) is 0 Å². The second-order valence-electron chi connectivity index (χ2n) is 4.56. The topological polar surface area (TPSA) is 80.5 Å². The van der Waals surface area contributed by atoms with E-state index in [-0.39, 0.29) is 17.8 Å². The lowest BCUT2D eigenvalue weighted by atomic mass is 10.1. The van der Waals surface area contributed by atoms with Gasteiger partial charge in [-0.25, -0.2) is 17.1 Å². The van der Waals surface area contributed by atoms with Gasteiger partial charge in [-0.3, -0.25) is 4.79 Å². The van der Waals surface area contributed by atoms with Gasteiger partial charge in [0.15, 0.2) is 4.75 Å². The molecule has 1 aromatic carbocycles. The van der Waals surface area contributed by atoms with Crippen LogP contribution < -0.4 is 10.0 Å². The molecule has 98 valence electrons. The molecule has 5 nitrogen and oxygen atoms in total. The summed E-state index contributed by atoms with van der Waals surface area (Å²) in [6.07, 6.45) is 0. The molecular formula is C11H13FN2O3S. The first kappa shape index (κ1) is 13.0. The summed E-state index contributed by atoms with van der Waals surface area (Å²) in [5.41, 5.74) is 5.63. The average Bonchev–Trinajstić information content (AvgIpc) is 2.30. The summed E-state index contributed by atoms with van der Waals surface area (Å²) >= 11 is 0. The predicted molar refractivity (Wildman–Crippen MR) is 64.8 cm³/mol. The second-order valence-corrected chi connectivity index (χ2v) is 6.90. The van der Waals surface area contributed by atoms with Crippen molar-refractivity contribution in [2.24, 2.45) is 5.73 Å². The first-order chi connectivity index (χ1) is 8.23. The Balaban J connectivity index is 2.50. The maximum atomic E-state index is 13.3. The van der Waals surface area contributed by atoms with Crippen LogP contribution >= 0.6 is 0 Å². The molecule has 0 radical (unpaired) electrons. The Morgan fingerprint density at radius 2 is 2.00 bits per heavy atom. The zero-order valence-electron chi connectivity index (χ0n) is 9.97. The molecule has 1 fully saturated rings. The van der Waals surface area contributed by atoms with Crippen LogP contribution in [0.4, 0.5) is 10.1 Å². The highest BCUT2D eigenvalue weighted by Crippen LogP contribution is 2.39. The normalized spacial score (nSPS) is 20.7. The number of nitrogens with two attached hydrogens (primary N) is 1. The predicted octanol–water partition coefficient (Wildman–Crippen LogP) is 0.739. The highest BCUT2D eigenvalue weighted by Gasteiger charge is 2.60. The number of halogens is 1. The summed E-state index contributed by atoms with van der Waals surface area (Å²) in [5.74, 6) is -1.05. The van der Waals surface area contributed by atoms with Gasteiger partial charge in [0, 0.05) is 12.1 Å². The number of sulfonamides is 1. The van der Waals surface area contributed by atoms with Crippen molar-refractivity contribution in [3.63, 3.8) is 0 Å². The fraction of sp³-hybridized carbons (Fsp3) is 0.364. The lowest BCUT2D eigenvalue weighted by Crippen LogP contribution is -2.67. The SMILES string of the molecule is CC1(C)C(=O)N(c2ccc(F)c(CN)c2)S1(=O)=O. The third kappa shape index (κ3) is 1.47. The summed E-state index contributed by atoms with van der Waals surface area (Å²) < 4.78 is 36.4. The molecule has 0 unspecified atom stereocenters. The van der Waals surface area contributed by atoms with Crippen molar-refractivity contribution in [3.05, 3.63) is 29.6 Å². The van der Waals surface area contributed by atoms with Crippen molar-refractivity contribution in [2.45, 2.75) is 25.1 Å². The van der Waals surface area contributed by atoms with E-state index in [1.165, 1.54) is 26.0 Å². The molecule has 0 aliphatic carbocycles. The number of rotatable bonds is 2. The third-order valence-corrected chi connectivity index (χ3v) is 5.39. The van der Waals surface area contributed by atoms with E-state index in [9.17, 15) is 17.6 Å². The van der Waals surface area contributed by atoms with Crippen LogP contribution in [0.1, 0.15) is 19.4 Å². The highest BCUT2D eigenvalue weighted by atomic mass is 32.2. The van der Waals surface area contributed by atoms with Crippen molar-refractivity contribution in [3.8, 4) is 0 Å². The van der Waals surface area contributed by atoms with Crippen LogP contribution in [0.3, 0.4) is 0 Å². The first-order valence-electron chi connectivity index (χ1n) is 5.31. The van der Waals surface area contributed by atoms with Crippen molar-refractivity contribution < 1.29 is 17.6 Å². The lowest BCUT2D eigenvalue weighted by Gasteiger charge is -2.42. The third-order valence-electron chi connectivity index (χ3n) is 3.07. The number of nitrogens with zero attached hydrogens (tertiary/aromatic N) is 1. The van der Waals surface area contributed by atoms with E-state index in [0.29, 0.717) is 4.31 Å². The van der Waals surface area contributed by atoms with E-state index in [1.54, 1.807) is 0 Å². The van der Waals surface area contributed by atoms with E-state index in [2.05, 4.69) is 0 Å². The number of carbonyl (C=O) groups excluding carboxylic acids is 1. The molecule has 2 N–H and O–H groups in total. The maximum absolute atomic E-state index is 13.3. The summed E-state index contributed by atoms with van der Waals surface area (Å²) in [4.78, 5) is 11.8. The molecule has 0 spiro atoms. The van der Waals surface area contributed by atoms with Gasteiger partial charge in [-0.05, 0) is 32.0 Å². The molecule has 1 aliphatic heterocycles. The van der Waals surface area contributed by atoms with Gasteiger partial charge < -0.3 is 5.73 Å². The summed E-state index contributed by atoms with van der Waals surface area (Å²) in [7, 11) is -3.72. The van der Waals surface area contributed by atoms with Crippen LogP contribution in [0.15, 0.2) is 18.2 Å². The maximum Gasteiger partial charge on any atom is 0.263 e. The fourth-order valence-corrected chi connectivity index (χ4v) is 3.23. The monoisotopic (exact) mass is 272 g/mol. The van der Waals surface area contributed by atoms with Gasteiger partial charge in [0.1, 0.15) is 5.82 Å². The van der Waals surface area contributed by atoms with Gasteiger partial charge in [0.05, 0.1) is 5.69 Å². The molecule has 0 saturated carbocycles. The van der Waals surface area contributed by atoms with E-state index in [4.69, 9.17) is 5.73 Å². The van der Waals surface area contributed by atoms with Crippen LogP contribution in [0.5, 0.6) is 0 Å². The minimum Gasteiger partial charge on any atom is -0.326 e. The molecule has 0 aromatic heterocycles. The van der Waals surface area contributed by atoms with Gasteiger partial charge in [0.2, 0.25) is 0 Å². The standard InChI is InChI=1S/C11H13FN2O3S/c1-11(2)10(15)14(18(11,16)17)8-3-4-9(12)7(5-8)6-13/h3-5H,6,13H2,1-2H3. The van der Waals surface area contributed by atoms with Crippen LogP contribution in [0, 0.1) is 5.82 Å². The summed E-state index contributed by atoms with van der Waals surface area (Å²) in [6, 6.07) is 3.63. The van der Waals surface area contributed by atoms with Gasteiger partial charge in [-0.1, -0.05) is 0 Å². The Hall–Kier alpha value is -1.47. The Morgan fingerprint density at radius 1 is 1.39 bits per heavy atom. The molecule has 18 heavy (non-hydrogen) atoms. The van der Waals surface area contributed by atoms with Gasteiger partial charge in [-0.15, -0.1) is 0 Å². The van der Waals surface area contributed by atoms with Crippen molar-refractivity contribution in [1.82, 2.24) is 0 Å². The molecule has 1 amide bonds. The van der Waals surface area contributed by atoms with Gasteiger partial charge in [0.25, 0.3) is 15.9 Å². The number of hydrogen-bond acceptors (Lipinski definition) is 4. The molecule has 1 saturated heterocycles. The fourth-order valence-electron chi connectivity index (χ4n) is 1.75. The zero-order chi connectivity index (χ0) is 13.7. The summed E-state index contributed by atoms with van der Waals surface area (Å²) in [6.45, 7) is 2.62. The molecular weight excluding hydrogens is 259 g/mol. The van der Waals surface area contributed by atoms with Crippen LogP contribution in [0.25, 0.3) is 0 Å². The molecule has 1 aliphatic rings. The lowest BCUT2D eigenvalue weighted by molar-refractivity contribution is -0.120. The first-order valence-corrected chi connectivity index (χ1v) is 6.75. The zero-order valence-corrected chi connectivity index (χ0v) is 10.8. The van der Waals surface area contributed by atoms with Gasteiger partial charge in [-0.2, -0.15) is 0 Å². The molecule has 1 heterocycles. The van der Waals surface area contributed by atoms with Crippen LogP contribution in [-0.2, 0) is 21.4 Å². The Labute approximate surface area is 104 Å². The molecule has 2 rings (SSSR count). The van der Waals surface area contributed by atoms with Crippen LogP contribution in [-0.4, -0.2) is 19.1 Å². The van der Waals surface area contributed by atoms with E-state index in [1.807, 2.05) is 0 Å². The van der Waals surface area contributed by atoms with Crippen molar-refractivity contribution >= 4 is 21.6 Å². The van der Waals surface area contributed by atoms with Crippen molar-refractivity contribution in [1.29, 1.82) is 0 Å². The summed E-state index contributed by atoms with van der Waals surface area (Å²) in [5, 5.41) is 0. The smallest absolute Gasteiger partial charge is 0.263 e. The van der Waals surface area contributed by atoms with Gasteiger partial charge >= 0.3 is 0 Å².